The zero-order chi connectivity index (χ0) is 21.3. The predicted octanol–water partition coefficient (Wildman–Crippen LogP) is 4.73. The number of hydrogen-bond donors (Lipinski definition) is 0. The number of carbonyl (C=O) groups excluding carboxylic acids is 1. The summed E-state index contributed by atoms with van der Waals surface area (Å²) in [6.45, 7) is 0. The first-order valence-corrected chi connectivity index (χ1v) is 10.6. The Bertz CT molecular complexity index is 1260. The van der Waals surface area contributed by atoms with Crippen molar-refractivity contribution in [2.24, 2.45) is 0 Å². The van der Waals surface area contributed by atoms with Crippen molar-refractivity contribution in [3.8, 4) is 17.2 Å². The Morgan fingerprint density at radius 1 is 1.00 bits per heavy atom. The summed E-state index contributed by atoms with van der Waals surface area (Å²) in [5.74, 6) is 0.616. The Labute approximate surface area is 178 Å². The Kier molecular flexibility index (Phi) is 5.24. The molecule has 0 bridgehead atoms. The normalized spacial score (nSPS) is 14.3. The third kappa shape index (κ3) is 3.90. The van der Waals surface area contributed by atoms with Gasteiger partial charge in [0.1, 0.15) is 22.1 Å². The molecule has 8 heteroatoms. The SMILES string of the molecule is COc1ccccc1C=C1Oc2cc(OS(=O)(=O)c3ccc(Cl)cc3)ccc2C1=O. The first-order valence-electron chi connectivity index (χ1n) is 8.79. The Morgan fingerprint density at radius 3 is 2.47 bits per heavy atom. The molecule has 152 valence electrons. The highest BCUT2D eigenvalue weighted by Crippen LogP contribution is 2.36. The van der Waals surface area contributed by atoms with Gasteiger partial charge in [-0.3, -0.25) is 4.79 Å². The first-order chi connectivity index (χ1) is 14.4. The summed E-state index contributed by atoms with van der Waals surface area (Å²) in [7, 11) is -2.53. The summed E-state index contributed by atoms with van der Waals surface area (Å²) in [5, 5.41) is 0.410. The van der Waals surface area contributed by atoms with Crippen LogP contribution in [0.25, 0.3) is 6.08 Å². The van der Waals surface area contributed by atoms with Crippen LogP contribution in [0.5, 0.6) is 17.2 Å². The van der Waals surface area contributed by atoms with E-state index in [4.69, 9.17) is 25.3 Å². The predicted molar refractivity (Wildman–Crippen MR) is 112 cm³/mol. The van der Waals surface area contributed by atoms with Crippen LogP contribution in [0.1, 0.15) is 15.9 Å². The van der Waals surface area contributed by atoms with E-state index in [0.29, 0.717) is 21.9 Å². The van der Waals surface area contributed by atoms with Gasteiger partial charge in [0, 0.05) is 16.7 Å². The van der Waals surface area contributed by atoms with Gasteiger partial charge in [0.25, 0.3) is 0 Å². The molecule has 0 N–H and O–H groups in total. The number of Topliss-reactive ketones (excluding diaryl/α,β-unsaturated/α-hetero) is 1. The van der Waals surface area contributed by atoms with E-state index >= 15 is 0 Å². The van der Waals surface area contributed by atoms with Crippen LogP contribution >= 0.6 is 11.6 Å². The van der Waals surface area contributed by atoms with E-state index in [2.05, 4.69) is 0 Å². The number of halogens is 1. The number of hydrogen-bond acceptors (Lipinski definition) is 6. The number of fused-ring (bicyclic) bond motifs is 1. The molecule has 0 amide bonds. The van der Waals surface area contributed by atoms with Crippen LogP contribution < -0.4 is 13.7 Å². The largest absolute Gasteiger partial charge is 0.496 e. The number of ether oxygens (including phenoxy) is 2. The molecule has 30 heavy (non-hydrogen) atoms. The summed E-state index contributed by atoms with van der Waals surface area (Å²) in [6, 6.07) is 17.0. The van der Waals surface area contributed by atoms with Gasteiger partial charge >= 0.3 is 10.1 Å². The van der Waals surface area contributed by atoms with E-state index < -0.39 is 10.1 Å². The lowest BCUT2D eigenvalue weighted by molar-refractivity contribution is 0.101. The van der Waals surface area contributed by atoms with E-state index in [-0.39, 0.29) is 27.9 Å². The maximum Gasteiger partial charge on any atom is 0.339 e. The van der Waals surface area contributed by atoms with Crippen LogP contribution in [0, 0.1) is 0 Å². The molecule has 3 aromatic carbocycles. The fourth-order valence-electron chi connectivity index (χ4n) is 2.92. The summed E-state index contributed by atoms with van der Waals surface area (Å²) < 4.78 is 41.0. The van der Waals surface area contributed by atoms with Crippen LogP contribution in [0.15, 0.2) is 77.4 Å². The standard InChI is InChI=1S/C22H15ClO6S/c1-27-19-5-3-2-4-14(19)12-21-22(24)18-11-8-16(13-20(18)28-21)29-30(25,26)17-9-6-15(23)7-10-17/h2-13H,1H3. The fourth-order valence-corrected chi connectivity index (χ4v) is 3.97. The Hall–Kier alpha value is -3.29. The molecule has 1 aliphatic heterocycles. The van der Waals surface area contributed by atoms with Gasteiger partial charge in [-0.1, -0.05) is 29.8 Å². The Balaban J connectivity index is 1.61. The molecule has 3 aromatic rings. The second kappa shape index (κ2) is 7.85. The van der Waals surface area contributed by atoms with E-state index in [1.54, 1.807) is 18.2 Å². The van der Waals surface area contributed by atoms with Crippen LogP contribution in [0.4, 0.5) is 0 Å². The molecule has 0 saturated heterocycles. The van der Waals surface area contributed by atoms with Crippen molar-refractivity contribution in [2.75, 3.05) is 7.11 Å². The number of rotatable bonds is 5. The lowest BCUT2D eigenvalue weighted by Crippen LogP contribution is -2.09. The quantitative estimate of drug-likeness (QED) is 0.419. The van der Waals surface area contributed by atoms with Crippen molar-refractivity contribution in [1.29, 1.82) is 0 Å². The highest BCUT2D eigenvalue weighted by atomic mass is 35.5. The van der Waals surface area contributed by atoms with Crippen LogP contribution in [-0.2, 0) is 10.1 Å². The average molecular weight is 443 g/mol. The van der Waals surface area contributed by atoms with Crippen LogP contribution in [0.3, 0.4) is 0 Å². The van der Waals surface area contributed by atoms with E-state index in [9.17, 15) is 13.2 Å². The Morgan fingerprint density at radius 2 is 1.73 bits per heavy atom. The molecular weight excluding hydrogens is 428 g/mol. The van der Waals surface area contributed by atoms with Crippen molar-refractivity contribution in [2.45, 2.75) is 4.90 Å². The molecule has 1 aliphatic rings. The number of benzene rings is 3. The third-order valence-electron chi connectivity index (χ3n) is 4.38. The molecule has 0 fully saturated rings. The molecule has 4 rings (SSSR count). The van der Waals surface area contributed by atoms with Gasteiger partial charge < -0.3 is 13.7 Å². The van der Waals surface area contributed by atoms with Gasteiger partial charge in [-0.2, -0.15) is 8.42 Å². The maximum atomic E-state index is 12.6. The van der Waals surface area contributed by atoms with Crippen molar-refractivity contribution in [3.63, 3.8) is 0 Å². The molecule has 0 radical (unpaired) electrons. The van der Waals surface area contributed by atoms with E-state index in [1.807, 2.05) is 12.1 Å². The van der Waals surface area contributed by atoms with Crippen molar-refractivity contribution < 1.29 is 26.9 Å². The molecule has 0 atom stereocenters. The number of para-hydroxylation sites is 1. The monoisotopic (exact) mass is 442 g/mol. The minimum absolute atomic E-state index is 0.0232. The van der Waals surface area contributed by atoms with Gasteiger partial charge in [0.15, 0.2) is 5.76 Å². The van der Waals surface area contributed by atoms with E-state index in [1.165, 1.54) is 49.6 Å². The third-order valence-corrected chi connectivity index (χ3v) is 5.89. The number of carbonyl (C=O) groups is 1. The van der Waals surface area contributed by atoms with E-state index in [0.717, 1.165) is 0 Å². The first kappa shape index (κ1) is 20.0. The van der Waals surface area contributed by atoms with Gasteiger partial charge in [-0.25, -0.2) is 0 Å². The molecule has 0 spiro atoms. The molecule has 1 heterocycles. The highest BCUT2D eigenvalue weighted by Gasteiger charge is 2.29. The van der Waals surface area contributed by atoms with Gasteiger partial charge in [0.05, 0.1) is 12.7 Å². The fraction of sp³-hybridized carbons (Fsp3) is 0.0455. The van der Waals surface area contributed by atoms with Gasteiger partial charge in [0.2, 0.25) is 5.78 Å². The zero-order valence-electron chi connectivity index (χ0n) is 15.7. The zero-order valence-corrected chi connectivity index (χ0v) is 17.2. The molecular formula is C22H15ClO6S. The number of allylic oxidation sites excluding steroid dienone is 1. The topological polar surface area (TPSA) is 78.9 Å². The average Bonchev–Trinajstić information content (AvgIpc) is 3.03. The highest BCUT2D eigenvalue weighted by molar-refractivity contribution is 7.87. The minimum atomic E-state index is -4.06. The molecule has 0 aliphatic carbocycles. The summed E-state index contributed by atoms with van der Waals surface area (Å²) >= 11 is 5.79. The summed E-state index contributed by atoms with van der Waals surface area (Å²) in [5.41, 5.74) is 0.991. The maximum absolute atomic E-state index is 12.6. The smallest absolute Gasteiger partial charge is 0.339 e. The van der Waals surface area contributed by atoms with Crippen LogP contribution in [0.2, 0.25) is 5.02 Å². The van der Waals surface area contributed by atoms with Gasteiger partial charge in [-0.05, 0) is 48.5 Å². The lowest BCUT2D eigenvalue weighted by Gasteiger charge is -2.08. The second-order valence-corrected chi connectivity index (χ2v) is 8.31. The van der Waals surface area contributed by atoms with Crippen LogP contribution in [-0.4, -0.2) is 21.3 Å². The summed E-state index contributed by atoms with van der Waals surface area (Å²) in [6.07, 6.45) is 1.58. The second-order valence-electron chi connectivity index (χ2n) is 6.33. The number of ketones is 1. The van der Waals surface area contributed by atoms with Gasteiger partial charge in [-0.15, -0.1) is 0 Å². The molecule has 6 nitrogen and oxygen atoms in total. The molecule has 0 unspecified atom stereocenters. The summed E-state index contributed by atoms with van der Waals surface area (Å²) in [4.78, 5) is 12.6. The number of methoxy groups -OCH3 is 1. The van der Waals surface area contributed by atoms with Crippen molar-refractivity contribution in [1.82, 2.24) is 0 Å². The molecule has 0 saturated carbocycles. The molecule has 0 aromatic heterocycles. The lowest BCUT2D eigenvalue weighted by atomic mass is 10.1. The minimum Gasteiger partial charge on any atom is -0.496 e. The van der Waals surface area contributed by atoms with Crippen molar-refractivity contribution >= 4 is 33.6 Å². The van der Waals surface area contributed by atoms with Crippen molar-refractivity contribution in [3.05, 3.63) is 88.6 Å².